The van der Waals surface area contributed by atoms with Crippen LogP contribution in [0.25, 0.3) is 5.69 Å². The van der Waals surface area contributed by atoms with Crippen molar-refractivity contribution < 1.29 is 0 Å². The predicted molar refractivity (Wildman–Crippen MR) is 76.2 cm³/mol. The Morgan fingerprint density at radius 2 is 2.20 bits per heavy atom. The highest BCUT2D eigenvalue weighted by atomic mass is 79.9. The van der Waals surface area contributed by atoms with Gasteiger partial charge in [0.25, 0.3) is 0 Å². The van der Waals surface area contributed by atoms with Crippen LogP contribution in [0.3, 0.4) is 0 Å². The first-order chi connectivity index (χ1) is 9.83. The molecule has 0 spiro atoms. The molecule has 1 N–H and O–H groups in total. The smallest absolute Gasteiger partial charge is 0.175 e. The number of hydrogen-bond donors (Lipinski definition) is 1. The Morgan fingerprint density at radius 3 is 3.00 bits per heavy atom. The second-order valence-corrected chi connectivity index (χ2v) is 4.85. The van der Waals surface area contributed by atoms with Crippen LogP contribution in [0.1, 0.15) is 5.82 Å². The van der Waals surface area contributed by atoms with Crippen molar-refractivity contribution in [3.8, 4) is 5.69 Å². The average molecular weight is 332 g/mol. The average Bonchev–Trinajstić information content (AvgIpc) is 2.95. The zero-order valence-corrected chi connectivity index (χ0v) is 11.9. The molecule has 0 radical (unpaired) electrons. The van der Waals surface area contributed by atoms with Gasteiger partial charge in [0.05, 0.1) is 12.2 Å². The maximum Gasteiger partial charge on any atom is 0.175 e. The molecule has 8 heteroatoms. The van der Waals surface area contributed by atoms with Crippen LogP contribution in [0.5, 0.6) is 0 Å². The van der Waals surface area contributed by atoms with Gasteiger partial charge in [-0.05, 0) is 34.7 Å². The van der Waals surface area contributed by atoms with Gasteiger partial charge in [-0.1, -0.05) is 22.0 Å². The Kier molecular flexibility index (Phi) is 3.64. The zero-order valence-electron chi connectivity index (χ0n) is 10.3. The van der Waals surface area contributed by atoms with E-state index in [9.17, 15) is 0 Å². The van der Waals surface area contributed by atoms with Crippen LogP contribution in [0, 0.1) is 0 Å². The van der Waals surface area contributed by atoms with E-state index in [1.54, 1.807) is 16.9 Å². The van der Waals surface area contributed by atoms with Gasteiger partial charge in [-0.15, -0.1) is 5.10 Å². The summed E-state index contributed by atoms with van der Waals surface area (Å²) in [4.78, 5) is 7.95. The number of aromatic nitrogens is 6. The summed E-state index contributed by atoms with van der Waals surface area (Å²) in [7, 11) is 0. The largest absolute Gasteiger partial charge is 0.363 e. The number of nitrogens with one attached hydrogen (secondary N) is 1. The molecule has 0 unspecified atom stereocenters. The van der Waals surface area contributed by atoms with Gasteiger partial charge >= 0.3 is 0 Å². The third kappa shape index (κ3) is 2.80. The molecule has 0 aliphatic heterocycles. The predicted octanol–water partition coefficient (Wildman–Crippen LogP) is 1.83. The van der Waals surface area contributed by atoms with Crippen LogP contribution in [0.4, 0.5) is 5.82 Å². The quantitative estimate of drug-likeness (QED) is 0.785. The standard InChI is InChI=1S/C12H10BrN7/c13-9-2-1-3-10(6-9)20-12(17-18-19-20)7-15-11-4-5-14-8-16-11/h1-6,8H,7H2,(H,14,15,16). The molecule has 1 aromatic carbocycles. The van der Waals surface area contributed by atoms with Crippen LogP contribution < -0.4 is 5.32 Å². The Balaban J connectivity index is 1.80. The van der Waals surface area contributed by atoms with E-state index in [4.69, 9.17) is 0 Å². The van der Waals surface area contributed by atoms with Crippen molar-refractivity contribution >= 4 is 21.7 Å². The first kappa shape index (κ1) is 12.7. The molecule has 20 heavy (non-hydrogen) atoms. The lowest BCUT2D eigenvalue weighted by Gasteiger charge is -2.06. The first-order valence-corrected chi connectivity index (χ1v) is 6.65. The number of rotatable bonds is 4. The molecular formula is C12H10BrN7. The SMILES string of the molecule is Brc1cccc(-n2nnnc2CNc2ccncn2)c1. The monoisotopic (exact) mass is 331 g/mol. The van der Waals surface area contributed by atoms with Gasteiger partial charge in [0.15, 0.2) is 5.82 Å². The van der Waals surface area contributed by atoms with Crippen LogP contribution in [-0.2, 0) is 6.54 Å². The summed E-state index contributed by atoms with van der Waals surface area (Å²) < 4.78 is 2.65. The van der Waals surface area contributed by atoms with Gasteiger partial charge in [0.2, 0.25) is 0 Å². The Morgan fingerprint density at radius 1 is 1.25 bits per heavy atom. The normalized spacial score (nSPS) is 10.4. The molecule has 7 nitrogen and oxygen atoms in total. The third-order valence-corrected chi connectivity index (χ3v) is 3.09. The summed E-state index contributed by atoms with van der Waals surface area (Å²) in [5.74, 6) is 1.42. The fourth-order valence-corrected chi connectivity index (χ4v) is 2.08. The minimum atomic E-state index is 0.469. The molecule has 0 atom stereocenters. The molecule has 2 aromatic heterocycles. The van der Waals surface area contributed by atoms with Gasteiger partial charge in [-0.25, -0.2) is 9.97 Å². The number of tetrazole rings is 1. The van der Waals surface area contributed by atoms with Crippen molar-refractivity contribution in [2.75, 3.05) is 5.32 Å². The molecule has 0 bridgehead atoms. The highest BCUT2D eigenvalue weighted by molar-refractivity contribution is 9.10. The molecule has 2 heterocycles. The summed E-state index contributed by atoms with van der Waals surface area (Å²) in [5, 5.41) is 14.9. The number of anilines is 1. The van der Waals surface area contributed by atoms with Gasteiger partial charge in [-0.3, -0.25) is 0 Å². The molecule has 0 amide bonds. The van der Waals surface area contributed by atoms with Crippen molar-refractivity contribution in [3.63, 3.8) is 0 Å². The maximum atomic E-state index is 4.09. The van der Waals surface area contributed by atoms with Crippen LogP contribution in [-0.4, -0.2) is 30.2 Å². The van der Waals surface area contributed by atoms with Gasteiger partial charge in [-0.2, -0.15) is 4.68 Å². The number of benzene rings is 1. The summed E-state index contributed by atoms with van der Waals surface area (Å²) in [6.45, 7) is 0.469. The van der Waals surface area contributed by atoms with Crippen LogP contribution in [0.15, 0.2) is 47.3 Å². The van der Waals surface area contributed by atoms with E-state index < -0.39 is 0 Å². The minimum Gasteiger partial charge on any atom is -0.363 e. The molecule has 0 aliphatic carbocycles. The zero-order chi connectivity index (χ0) is 13.8. The van der Waals surface area contributed by atoms with E-state index >= 15 is 0 Å². The third-order valence-electron chi connectivity index (χ3n) is 2.60. The highest BCUT2D eigenvalue weighted by Crippen LogP contribution is 2.15. The summed E-state index contributed by atoms with van der Waals surface area (Å²) in [6, 6.07) is 9.56. The Labute approximate surface area is 123 Å². The lowest BCUT2D eigenvalue weighted by atomic mass is 10.3. The van der Waals surface area contributed by atoms with Crippen molar-refractivity contribution in [2.45, 2.75) is 6.54 Å². The van der Waals surface area contributed by atoms with Gasteiger partial charge in [0, 0.05) is 10.7 Å². The molecule has 0 aliphatic rings. The number of nitrogens with zero attached hydrogens (tertiary/aromatic N) is 6. The van der Waals surface area contributed by atoms with Gasteiger partial charge < -0.3 is 5.32 Å². The first-order valence-electron chi connectivity index (χ1n) is 5.86. The minimum absolute atomic E-state index is 0.469. The molecular weight excluding hydrogens is 322 g/mol. The van der Waals surface area contributed by atoms with Gasteiger partial charge in [0.1, 0.15) is 12.1 Å². The summed E-state index contributed by atoms with van der Waals surface area (Å²) in [5.41, 5.74) is 0.892. The number of hydrogen-bond acceptors (Lipinski definition) is 6. The lowest BCUT2D eigenvalue weighted by molar-refractivity contribution is 0.767. The molecule has 100 valence electrons. The molecule has 3 rings (SSSR count). The maximum absolute atomic E-state index is 4.09. The van der Waals surface area contributed by atoms with E-state index in [1.807, 2.05) is 24.3 Å². The Bertz CT molecular complexity index is 698. The van der Waals surface area contributed by atoms with Crippen LogP contribution >= 0.6 is 15.9 Å². The van der Waals surface area contributed by atoms with Crippen molar-refractivity contribution in [1.82, 2.24) is 30.2 Å². The second-order valence-electron chi connectivity index (χ2n) is 3.93. The second kappa shape index (κ2) is 5.74. The molecule has 0 saturated carbocycles. The fourth-order valence-electron chi connectivity index (χ4n) is 1.69. The van der Waals surface area contributed by atoms with Crippen molar-refractivity contribution in [1.29, 1.82) is 0 Å². The number of halogens is 1. The van der Waals surface area contributed by atoms with E-state index in [1.165, 1.54) is 6.33 Å². The molecule has 0 saturated heterocycles. The van der Waals surface area contributed by atoms with Crippen LogP contribution in [0.2, 0.25) is 0 Å². The summed E-state index contributed by atoms with van der Waals surface area (Å²) in [6.07, 6.45) is 3.16. The highest BCUT2D eigenvalue weighted by Gasteiger charge is 2.08. The van der Waals surface area contributed by atoms with E-state index in [0.29, 0.717) is 12.4 Å². The van der Waals surface area contributed by atoms with E-state index in [-0.39, 0.29) is 0 Å². The molecule has 0 fully saturated rings. The van der Waals surface area contributed by atoms with E-state index in [2.05, 4.69) is 46.7 Å². The lowest BCUT2D eigenvalue weighted by Crippen LogP contribution is -2.09. The molecule has 3 aromatic rings. The fraction of sp³-hybridized carbons (Fsp3) is 0.0833. The van der Waals surface area contributed by atoms with E-state index in [0.717, 1.165) is 16.0 Å². The van der Waals surface area contributed by atoms with Crippen molar-refractivity contribution in [2.24, 2.45) is 0 Å². The Hall–Kier alpha value is -2.35. The topological polar surface area (TPSA) is 81.4 Å². The summed E-state index contributed by atoms with van der Waals surface area (Å²) >= 11 is 3.43. The van der Waals surface area contributed by atoms with Crippen molar-refractivity contribution in [3.05, 3.63) is 53.2 Å².